The summed E-state index contributed by atoms with van der Waals surface area (Å²) in [4.78, 5) is 14.2. The van der Waals surface area contributed by atoms with Gasteiger partial charge in [0.1, 0.15) is 10.6 Å². The summed E-state index contributed by atoms with van der Waals surface area (Å²) in [6, 6.07) is 10.7. The Morgan fingerprint density at radius 3 is 2.69 bits per heavy atom. The van der Waals surface area contributed by atoms with E-state index in [0.29, 0.717) is 30.3 Å². The lowest BCUT2D eigenvalue weighted by molar-refractivity contribution is -0.118. The molecule has 0 radical (unpaired) electrons. The third-order valence-corrected chi connectivity index (χ3v) is 6.92. The molecular weight excluding hydrogens is 388 g/mol. The third-order valence-electron chi connectivity index (χ3n) is 5.52. The Kier molecular flexibility index (Phi) is 5.25. The number of hydrogen-bond donors (Lipinski definition) is 1. The monoisotopic (exact) mass is 414 g/mol. The van der Waals surface area contributed by atoms with Crippen molar-refractivity contribution in [3.05, 3.63) is 47.5 Å². The van der Waals surface area contributed by atoms with Gasteiger partial charge in [-0.2, -0.15) is 0 Å². The fourth-order valence-corrected chi connectivity index (χ4v) is 5.11. The van der Waals surface area contributed by atoms with Crippen LogP contribution in [0.3, 0.4) is 0 Å². The van der Waals surface area contributed by atoms with Crippen LogP contribution < -0.4 is 14.4 Å². The van der Waals surface area contributed by atoms with Crippen LogP contribution in [-0.4, -0.2) is 28.0 Å². The minimum Gasteiger partial charge on any atom is -0.495 e. The number of methoxy groups -OCH3 is 1. The van der Waals surface area contributed by atoms with Gasteiger partial charge < -0.3 is 9.64 Å². The van der Waals surface area contributed by atoms with Crippen LogP contribution in [0.5, 0.6) is 5.75 Å². The largest absolute Gasteiger partial charge is 0.495 e. The lowest BCUT2D eigenvalue weighted by atomic mass is 10.1. The molecule has 0 unspecified atom stereocenters. The zero-order chi connectivity index (χ0) is 20.6. The summed E-state index contributed by atoms with van der Waals surface area (Å²) < 4.78 is 34.1. The van der Waals surface area contributed by atoms with E-state index < -0.39 is 10.0 Å². The summed E-state index contributed by atoms with van der Waals surface area (Å²) in [5.41, 5.74) is 3.38. The molecule has 1 heterocycles. The Morgan fingerprint density at radius 1 is 1.21 bits per heavy atom. The van der Waals surface area contributed by atoms with Crippen molar-refractivity contribution in [3.63, 3.8) is 0 Å². The van der Waals surface area contributed by atoms with Gasteiger partial charge >= 0.3 is 0 Å². The Hall–Kier alpha value is -2.54. The topological polar surface area (TPSA) is 75.7 Å². The second kappa shape index (κ2) is 7.71. The van der Waals surface area contributed by atoms with Crippen LogP contribution >= 0.6 is 0 Å². The van der Waals surface area contributed by atoms with E-state index in [2.05, 4.69) is 4.72 Å². The molecule has 0 bridgehead atoms. The smallest absolute Gasteiger partial charge is 0.265 e. The van der Waals surface area contributed by atoms with Gasteiger partial charge in [0.2, 0.25) is 5.91 Å². The summed E-state index contributed by atoms with van der Waals surface area (Å²) in [5.74, 6) is 0.891. The summed E-state index contributed by atoms with van der Waals surface area (Å²) in [5, 5.41) is 0. The average molecular weight is 415 g/mol. The van der Waals surface area contributed by atoms with Gasteiger partial charge in [-0.05, 0) is 73.1 Å². The first-order chi connectivity index (χ1) is 13.9. The van der Waals surface area contributed by atoms with Gasteiger partial charge in [-0.25, -0.2) is 8.42 Å². The summed E-state index contributed by atoms with van der Waals surface area (Å²) in [7, 11) is -2.32. The van der Waals surface area contributed by atoms with Crippen LogP contribution in [0.4, 0.5) is 11.4 Å². The van der Waals surface area contributed by atoms with E-state index in [1.807, 2.05) is 25.1 Å². The molecule has 0 atom stereocenters. The number of anilines is 2. The van der Waals surface area contributed by atoms with Crippen LogP contribution in [-0.2, 0) is 21.2 Å². The highest BCUT2D eigenvalue weighted by Gasteiger charge is 2.28. The van der Waals surface area contributed by atoms with E-state index in [9.17, 15) is 13.2 Å². The van der Waals surface area contributed by atoms with Crippen LogP contribution in [0.2, 0.25) is 0 Å². The molecule has 1 saturated carbocycles. The van der Waals surface area contributed by atoms with E-state index in [1.54, 1.807) is 23.1 Å². The van der Waals surface area contributed by atoms with Crippen LogP contribution in [0.15, 0.2) is 41.3 Å². The average Bonchev–Trinajstić information content (AvgIpc) is 3.47. The highest BCUT2D eigenvalue weighted by Crippen LogP contribution is 2.42. The van der Waals surface area contributed by atoms with Gasteiger partial charge in [-0.15, -0.1) is 0 Å². The lowest BCUT2D eigenvalue weighted by Gasteiger charge is -2.17. The number of ether oxygens (including phenoxy) is 1. The first-order valence-corrected chi connectivity index (χ1v) is 11.6. The second-order valence-corrected chi connectivity index (χ2v) is 9.33. The zero-order valence-electron chi connectivity index (χ0n) is 16.8. The molecule has 2 aromatic carbocycles. The van der Waals surface area contributed by atoms with Crippen LogP contribution in [0, 0.1) is 0 Å². The van der Waals surface area contributed by atoms with Gasteiger partial charge in [0.25, 0.3) is 10.0 Å². The van der Waals surface area contributed by atoms with Gasteiger partial charge in [0, 0.05) is 24.3 Å². The fourth-order valence-electron chi connectivity index (χ4n) is 3.86. The number of carbonyl (C=O) groups excluding carboxylic acids is 1. The van der Waals surface area contributed by atoms with Crippen LogP contribution in [0.1, 0.15) is 49.7 Å². The number of hydrogen-bond acceptors (Lipinski definition) is 4. The Morgan fingerprint density at radius 2 is 2.00 bits per heavy atom. The maximum Gasteiger partial charge on any atom is 0.265 e. The molecule has 1 aliphatic heterocycles. The van der Waals surface area contributed by atoms with E-state index in [1.165, 1.54) is 7.11 Å². The van der Waals surface area contributed by atoms with Crippen molar-refractivity contribution in [2.45, 2.75) is 49.8 Å². The normalized spacial score (nSPS) is 15.9. The van der Waals surface area contributed by atoms with Crippen LogP contribution in [0.25, 0.3) is 0 Å². The van der Waals surface area contributed by atoms with Crippen molar-refractivity contribution < 1.29 is 17.9 Å². The molecule has 1 amide bonds. The molecule has 0 saturated heterocycles. The molecule has 7 heteroatoms. The summed E-state index contributed by atoms with van der Waals surface area (Å²) >= 11 is 0. The maximum absolute atomic E-state index is 13.1. The van der Waals surface area contributed by atoms with Crippen molar-refractivity contribution in [1.29, 1.82) is 0 Å². The number of amides is 1. The molecule has 2 aromatic rings. The number of sulfonamides is 1. The molecule has 4 rings (SSSR count). The quantitative estimate of drug-likeness (QED) is 0.741. The first-order valence-electron chi connectivity index (χ1n) is 10.1. The van der Waals surface area contributed by atoms with Crippen molar-refractivity contribution in [1.82, 2.24) is 0 Å². The predicted octanol–water partition coefficient (Wildman–Crippen LogP) is 4.06. The van der Waals surface area contributed by atoms with Gasteiger partial charge in [0.15, 0.2) is 0 Å². The summed E-state index contributed by atoms with van der Waals surface area (Å²) in [6.07, 6.45) is 4.24. The SMILES string of the molecule is CCCC(=O)N1CCc2cc(NS(=O)(=O)c3cc(C4CC4)ccc3OC)ccc21. The number of fused-ring (bicyclic) bond motifs is 1. The Labute approximate surface area is 171 Å². The molecule has 1 aliphatic carbocycles. The van der Waals surface area contributed by atoms with Gasteiger partial charge in [0.05, 0.1) is 7.11 Å². The lowest BCUT2D eigenvalue weighted by Crippen LogP contribution is -2.28. The minimum atomic E-state index is -3.80. The van der Waals surface area contributed by atoms with Crippen molar-refractivity contribution >= 4 is 27.3 Å². The molecule has 29 heavy (non-hydrogen) atoms. The molecule has 2 aliphatic rings. The Balaban J connectivity index is 1.60. The maximum atomic E-state index is 13.1. The van der Waals surface area contributed by atoms with E-state index in [-0.39, 0.29) is 10.8 Å². The minimum absolute atomic E-state index is 0.112. The molecule has 1 fully saturated rings. The number of nitrogens with one attached hydrogen (secondary N) is 1. The fraction of sp³-hybridized carbons (Fsp3) is 0.409. The van der Waals surface area contributed by atoms with Crippen molar-refractivity contribution in [2.75, 3.05) is 23.3 Å². The van der Waals surface area contributed by atoms with E-state index >= 15 is 0 Å². The highest BCUT2D eigenvalue weighted by molar-refractivity contribution is 7.92. The summed E-state index contributed by atoms with van der Waals surface area (Å²) in [6.45, 7) is 2.63. The van der Waals surface area contributed by atoms with E-state index in [0.717, 1.165) is 42.5 Å². The molecule has 0 spiro atoms. The molecule has 154 valence electrons. The zero-order valence-corrected chi connectivity index (χ0v) is 17.6. The molecular formula is C22H26N2O4S. The highest BCUT2D eigenvalue weighted by atomic mass is 32.2. The first kappa shape index (κ1) is 19.8. The van der Waals surface area contributed by atoms with Gasteiger partial charge in [-0.3, -0.25) is 9.52 Å². The van der Waals surface area contributed by atoms with Gasteiger partial charge in [-0.1, -0.05) is 13.0 Å². The number of benzene rings is 2. The third kappa shape index (κ3) is 3.96. The molecule has 1 N–H and O–H groups in total. The number of nitrogens with zero attached hydrogens (tertiary/aromatic N) is 1. The standard InChI is InChI=1S/C22H26N2O4S/c1-3-4-22(25)24-12-11-17-13-18(8-9-19(17)24)23-29(26,27)21-14-16(15-5-6-15)7-10-20(21)28-2/h7-10,13-15,23H,3-6,11-12H2,1-2H3. The molecule has 6 nitrogen and oxygen atoms in total. The number of rotatable bonds is 7. The van der Waals surface area contributed by atoms with E-state index in [4.69, 9.17) is 4.74 Å². The Bertz CT molecular complexity index is 1040. The second-order valence-electron chi connectivity index (χ2n) is 7.68. The number of carbonyl (C=O) groups is 1. The molecule has 0 aromatic heterocycles. The van der Waals surface area contributed by atoms with Crippen molar-refractivity contribution in [3.8, 4) is 5.75 Å². The predicted molar refractivity (Wildman–Crippen MR) is 113 cm³/mol. The van der Waals surface area contributed by atoms with Crippen molar-refractivity contribution in [2.24, 2.45) is 0 Å².